The van der Waals surface area contributed by atoms with Gasteiger partial charge in [-0.2, -0.15) is 0 Å². The topological polar surface area (TPSA) is 135 Å². The minimum absolute atomic E-state index is 0.0403. The average molecular weight is 763 g/mol. The number of hydrogen-bond acceptors (Lipinski definition) is 9. The molecule has 4 aliphatic heterocycles. The Bertz CT molecular complexity index is 1590. The molecule has 0 spiro atoms. The van der Waals surface area contributed by atoms with Gasteiger partial charge in [0, 0.05) is 76.0 Å². The lowest BCUT2D eigenvalue weighted by Crippen LogP contribution is -2.55. The molecule has 1 atom stereocenters. The molecule has 0 unspecified atom stereocenters. The molecule has 2 N–H and O–H groups in total. The second kappa shape index (κ2) is 20.0. The van der Waals surface area contributed by atoms with Crippen LogP contribution in [-0.4, -0.2) is 145 Å². The number of nitrogens with one attached hydrogen (secondary N) is 1. The van der Waals surface area contributed by atoms with E-state index in [0.717, 1.165) is 100 Å². The highest BCUT2D eigenvalue weighted by atomic mass is 16.5. The number of para-hydroxylation sites is 1. The van der Waals surface area contributed by atoms with Gasteiger partial charge in [0.2, 0.25) is 5.91 Å². The number of anilines is 1. The summed E-state index contributed by atoms with van der Waals surface area (Å²) < 4.78 is 9.78. The van der Waals surface area contributed by atoms with Gasteiger partial charge < -0.3 is 39.5 Å². The Labute approximate surface area is 326 Å². The van der Waals surface area contributed by atoms with Crippen molar-refractivity contribution in [1.82, 2.24) is 24.5 Å². The largest absolute Gasteiger partial charge is 0.507 e. The minimum atomic E-state index is -0.286. The van der Waals surface area contributed by atoms with E-state index in [1.165, 1.54) is 12.7 Å². The molecule has 0 saturated carbocycles. The van der Waals surface area contributed by atoms with E-state index in [0.29, 0.717) is 50.9 Å². The molecule has 2 aromatic rings. The summed E-state index contributed by atoms with van der Waals surface area (Å²) in [6.45, 7) is 16.4. The van der Waals surface area contributed by atoms with E-state index >= 15 is 0 Å². The van der Waals surface area contributed by atoms with Gasteiger partial charge in [-0.05, 0) is 101 Å². The fourth-order valence-electron chi connectivity index (χ4n) is 8.44. The van der Waals surface area contributed by atoms with Crippen LogP contribution in [0.15, 0.2) is 36.4 Å². The van der Waals surface area contributed by atoms with Crippen LogP contribution >= 0.6 is 0 Å². The molecule has 6 rings (SSSR count). The van der Waals surface area contributed by atoms with Crippen LogP contribution in [0.5, 0.6) is 5.75 Å². The van der Waals surface area contributed by atoms with E-state index in [1.807, 2.05) is 67.8 Å². The summed E-state index contributed by atoms with van der Waals surface area (Å²) >= 11 is 0. The van der Waals surface area contributed by atoms with Gasteiger partial charge in [0.25, 0.3) is 0 Å². The Kier molecular flexibility index (Phi) is 15.2. The van der Waals surface area contributed by atoms with Crippen molar-refractivity contribution in [3.63, 3.8) is 0 Å². The summed E-state index contributed by atoms with van der Waals surface area (Å²) in [4.78, 5) is 59.2. The number of aromatic hydroxyl groups is 1. The summed E-state index contributed by atoms with van der Waals surface area (Å²) in [6.07, 6.45) is 5.56. The number of likely N-dealkylation sites (tertiary alicyclic amines) is 2. The predicted octanol–water partition coefficient (Wildman–Crippen LogP) is 5.06. The molecular weight excluding hydrogens is 700 g/mol. The number of piperidine rings is 2. The monoisotopic (exact) mass is 762 g/mol. The highest BCUT2D eigenvalue weighted by molar-refractivity contribution is 5.91. The maximum Gasteiger partial charge on any atom is 0.409 e. The van der Waals surface area contributed by atoms with Gasteiger partial charge in [-0.15, -0.1) is 0 Å². The number of benzene rings is 2. The number of phenolic OH excluding ortho intramolecular Hbond substituents is 1. The third-order valence-electron chi connectivity index (χ3n) is 11.6. The zero-order valence-electron chi connectivity index (χ0n) is 33.6. The third kappa shape index (κ3) is 11.3. The molecule has 4 heterocycles. The lowest BCUT2D eigenvalue weighted by Gasteiger charge is -2.43. The van der Waals surface area contributed by atoms with Crippen LogP contribution in [0, 0.1) is 19.8 Å². The molecule has 302 valence electrons. The normalized spacial score (nSPS) is 19.4. The van der Waals surface area contributed by atoms with E-state index in [2.05, 4.69) is 21.2 Å². The Morgan fingerprint density at radius 3 is 2.15 bits per heavy atom. The number of amides is 4. The van der Waals surface area contributed by atoms with Crippen molar-refractivity contribution in [1.29, 1.82) is 0 Å². The molecule has 0 bridgehead atoms. The lowest BCUT2D eigenvalue weighted by atomic mass is 9.96. The second-order valence-corrected chi connectivity index (χ2v) is 15.4. The molecule has 3 saturated heterocycles. The zero-order valence-corrected chi connectivity index (χ0v) is 33.6. The number of urea groups is 1. The van der Waals surface area contributed by atoms with E-state index in [9.17, 15) is 24.3 Å². The van der Waals surface area contributed by atoms with Crippen molar-refractivity contribution in [2.45, 2.75) is 84.7 Å². The molecule has 0 aliphatic carbocycles. The highest BCUT2D eigenvalue weighted by Crippen LogP contribution is 2.27. The number of esters is 1. The van der Waals surface area contributed by atoms with Crippen LogP contribution < -0.4 is 5.32 Å². The SMILES string of the molecule is CCOC(=O)CCN1CCC(N2CCN(C(=O)[C@H](C)Cc3cc(C)c(O)c(C)c3)CC2)CC1.COC(=O)N1CCC(N2CCc3ccccc3NC2=O)CC1. The van der Waals surface area contributed by atoms with Gasteiger partial charge in [0.1, 0.15) is 5.75 Å². The van der Waals surface area contributed by atoms with Crippen molar-refractivity contribution in [2.24, 2.45) is 5.92 Å². The van der Waals surface area contributed by atoms with Crippen molar-refractivity contribution in [3.8, 4) is 5.75 Å². The number of carbonyl (C=O) groups is 4. The van der Waals surface area contributed by atoms with Crippen molar-refractivity contribution in [3.05, 3.63) is 58.7 Å². The Morgan fingerprint density at radius 1 is 0.873 bits per heavy atom. The number of phenols is 1. The number of nitrogens with zero attached hydrogens (tertiary/aromatic N) is 5. The number of rotatable bonds is 9. The van der Waals surface area contributed by atoms with Gasteiger partial charge in [-0.25, -0.2) is 9.59 Å². The average Bonchev–Trinajstić information content (AvgIpc) is 3.37. The maximum atomic E-state index is 13.1. The Hall–Kier alpha value is -4.36. The fraction of sp³-hybridized carbons (Fsp3) is 0.619. The summed E-state index contributed by atoms with van der Waals surface area (Å²) in [6, 6.07) is 12.6. The van der Waals surface area contributed by atoms with Gasteiger partial charge in [-0.3, -0.25) is 14.5 Å². The summed E-state index contributed by atoms with van der Waals surface area (Å²) in [5, 5.41) is 13.0. The molecular formula is C42H62N6O7. The molecule has 0 aromatic heterocycles. The van der Waals surface area contributed by atoms with Gasteiger partial charge in [0.05, 0.1) is 20.1 Å². The standard InChI is InChI=1S/C26H41N3O4.C16H21N3O3/c1-5-33-24(30)8-11-27-9-6-23(7-10-27)28-12-14-29(15-13-28)26(32)21(4)18-22-16-19(2)25(31)20(3)17-22;1-22-16(21)18-9-7-13(8-10-18)19-11-6-12-4-2-3-5-14(12)17-15(19)20/h16-17,21,23,31H,5-15,18H2,1-4H3;2-5,13H,6-11H2,1H3,(H,17,20)/t21-;/m1./s1. The number of fused-ring (bicyclic) bond motifs is 1. The third-order valence-corrected chi connectivity index (χ3v) is 11.6. The molecule has 55 heavy (non-hydrogen) atoms. The molecule has 3 fully saturated rings. The number of carbonyl (C=O) groups excluding carboxylic acids is 4. The van der Waals surface area contributed by atoms with Crippen LogP contribution in [0.4, 0.5) is 15.3 Å². The minimum Gasteiger partial charge on any atom is -0.507 e. The lowest BCUT2D eigenvalue weighted by molar-refractivity contribution is -0.143. The predicted molar refractivity (Wildman–Crippen MR) is 212 cm³/mol. The van der Waals surface area contributed by atoms with E-state index in [-0.39, 0.29) is 36.0 Å². The smallest absolute Gasteiger partial charge is 0.409 e. The number of ether oxygens (including phenoxy) is 2. The van der Waals surface area contributed by atoms with Crippen LogP contribution in [0.1, 0.15) is 68.2 Å². The first-order valence-electron chi connectivity index (χ1n) is 20.2. The van der Waals surface area contributed by atoms with E-state index in [4.69, 9.17) is 9.47 Å². The van der Waals surface area contributed by atoms with Crippen LogP contribution in [0.2, 0.25) is 0 Å². The summed E-state index contributed by atoms with van der Waals surface area (Å²) in [5.74, 6) is 0.401. The van der Waals surface area contributed by atoms with Gasteiger partial charge >= 0.3 is 18.1 Å². The van der Waals surface area contributed by atoms with E-state index < -0.39 is 0 Å². The first kappa shape index (κ1) is 41.8. The van der Waals surface area contributed by atoms with E-state index in [1.54, 1.807) is 4.90 Å². The van der Waals surface area contributed by atoms with Crippen molar-refractivity contribution >= 4 is 29.7 Å². The van der Waals surface area contributed by atoms with Crippen LogP contribution in [0.3, 0.4) is 0 Å². The van der Waals surface area contributed by atoms with Gasteiger partial charge in [0.15, 0.2) is 0 Å². The van der Waals surface area contributed by atoms with Crippen LogP contribution in [0.25, 0.3) is 0 Å². The summed E-state index contributed by atoms with van der Waals surface area (Å²) in [7, 11) is 1.40. The fourth-order valence-corrected chi connectivity index (χ4v) is 8.44. The van der Waals surface area contributed by atoms with Gasteiger partial charge in [-0.1, -0.05) is 37.3 Å². The Morgan fingerprint density at radius 2 is 1.51 bits per heavy atom. The molecule has 13 nitrogen and oxygen atoms in total. The number of piperazine rings is 1. The first-order chi connectivity index (χ1) is 26.5. The number of aryl methyl sites for hydroxylation is 2. The maximum absolute atomic E-state index is 13.1. The number of hydrogen-bond donors (Lipinski definition) is 2. The first-order valence-corrected chi connectivity index (χ1v) is 20.2. The molecule has 0 radical (unpaired) electrons. The molecule has 2 aromatic carbocycles. The molecule has 4 aliphatic rings. The highest BCUT2D eigenvalue weighted by Gasteiger charge is 2.32. The van der Waals surface area contributed by atoms with Crippen LogP contribution in [-0.2, 0) is 31.9 Å². The quantitative estimate of drug-likeness (QED) is 0.337. The number of methoxy groups -OCH3 is 1. The second-order valence-electron chi connectivity index (χ2n) is 15.4. The van der Waals surface area contributed by atoms with Crippen molar-refractivity contribution in [2.75, 3.05) is 84.5 Å². The zero-order chi connectivity index (χ0) is 39.5. The molecule has 4 amide bonds. The molecule has 13 heteroatoms. The van der Waals surface area contributed by atoms with Crippen molar-refractivity contribution < 1.29 is 33.8 Å². The Balaban J connectivity index is 0.000000228. The summed E-state index contributed by atoms with van der Waals surface area (Å²) in [5.41, 5.74) is 4.92.